The molecule has 0 saturated carbocycles. The average molecular weight is 348 g/mol. The summed E-state index contributed by atoms with van der Waals surface area (Å²) in [6.45, 7) is 2.62. The SMILES string of the molecule is Cc1cccc(COc2ccc(-c3noc(-c4cccs4)n3)cc2)c1. The van der Waals surface area contributed by atoms with Crippen LogP contribution in [0.4, 0.5) is 0 Å². The molecule has 0 aliphatic rings. The van der Waals surface area contributed by atoms with Crippen molar-refractivity contribution in [3.8, 4) is 27.9 Å². The van der Waals surface area contributed by atoms with E-state index < -0.39 is 0 Å². The molecule has 4 nitrogen and oxygen atoms in total. The van der Waals surface area contributed by atoms with Gasteiger partial charge in [-0.15, -0.1) is 11.3 Å². The standard InChI is InChI=1S/C20H16N2O2S/c1-14-4-2-5-15(12-14)13-23-17-9-7-16(8-10-17)19-21-20(24-22-19)18-6-3-11-25-18/h2-12H,13H2,1H3. The highest BCUT2D eigenvalue weighted by atomic mass is 32.1. The van der Waals surface area contributed by atoms with E-state index in [4.69, 9.17) is 9.26 Å². The zero-order valence-corrected chi connectivity index (χ0v) is 14.5. The van der Waals surface area contributed by atoms with Crippen molar-refractivity contribution >= 4 is 11.3 Å². The predicted molar refractivity (Wildman–Crippen MR) is 98.6 cm³/mol. The van der Waals surface area contributed by atoms with Crippen LogP contribution in [0.5, 0.6) is 5.75 Å². The topological polar surface area (TPSA) is 48.2 Å². The fourth-order valence-corrected chi connectivity index (χ4v) is 3.15. The third-order valence-corrected chi connectivity index (χ3v) is 4.62. The number of hydrogen-bond acceptors (Lipinski definition) is 5. The van der Waals surface area contributed by atoms with Crippen molar-refractivity contribution < 1.29 is 9.26 Å². The minimum atomic E-state index is 0.546. The van der Waals surface area contributed by atoms with Gasteiger partial charge in [-0.3, -0.25) is 0 Å². The van der Waals surface area contributed by atoms with Crippen molar-refractivity contribution in [2.24, 2.45) is 0 Å². The maximum atomic E-state index is 5.84. The molecule has 124 valence electrons. The zero-order valence-electron chi connectivity index (χ0n) is 13.7. The van der Waals surface area contributed by atoms with Gasteiger partial charge >= 0.3 is 0 Å². The average Bonchev–Trinajstić information content (AvgIpc) is 3.32. The molecule has 0 N–H and O–H groups in total. The van der Waals surface area contributed by atoms with E-state index in [-0.39, 0.29) is 0 Å². The molecule has 5 heteroatoms. The lowest BCUT2D eigenvalue weighted by Gasteiger charge is -2.07. The van der Waals surface area contributed by atoms with Crippen LogP contribution in [0.25, 0.3) is 22.2 Å². The van der Waals surface area contributed by atoms with E-state index in [2.05, 4.69) is 35.3 Å². The number of benzene rings is 2. The van der Waals surface area contributed by atoms with Gasteiger partial charge in [-0.2, -0.15) is 4.98 Å². The summed E-state index contributed by atoms with van der Waals surface area (Å²) in [5.41, 5.74) is 3.28. The molecule has 2 heterocycles. The zero-order chi connectivity index (χ0) is 17.1. The number of aromatic nitrogens is 2. The highest BCUT2D eigenvalue weighted by Crippen LogP contribution is 2.26. The first kappa shape index (κ1) is 15.6. The molecular formula is C20H16N2O2S. The second-order valence-corrected chi connectivity index (χ2v) is 6.65. The van der Waals surface area contributed by atoms with Gasteiger partial charge in [-0.1, -0.05) is 41.1 Å². The van der Waals surface area contributed by atoms with Gasteiger partial charge in [0.2, 0.25) is 5.82 Å². The van der Waals surface area contributed by atoms with E-state index in [0.29, 0.717) is 18.3 Å². The molecule has 0 amide bonds. The molecule has 0 atom stereocenters. The molecule has 0 fully saturated rings. The summed E-state index contributed by atoms with van der Waals surface area (Å²) in [7, 11) is 0. The largest absolute Gasteiger partial charge is 0.489 e. The van der Waals surface area contributed by atoms with Crippen LogP contribution in [0.1, 0.15) is 11.1 Å². The lowest BCUT2D eigenvalue weighted by atomic mass is 10.1. The molecule has 0 aliphatic heterocycles. The molecule has 4 aromatic rings. The van der Waals surface area contributed by atoms with Gasteiger partial charge in [-0.25, -0.2) is 0 Å². The Hall–Kier alpha value is -2.92. The van der Waals surface area contributed by atoms with Gasteiger partial charge in [0.1, 0.15) is 12.4 Å². The van der Waals surface area contributed by atoms with Crippen molar-refractivity contribution in [2.45, 2.75) is 13.5 Å². The highest BCUT2D eigenvalue weighted by Gasteiger charge is 2.11. The van der Waals surface area contributed by atoms with Gasteiger partial charge < -0.3 is 9.26 Å². The molecule has 2 aromatic heterocycles. The quantitative estimate of drug-likeness (QED) is 0.487. The summed E-state index contributed by atoms with van der Waals surface area (Å²) in [5, 5.41) is 6.04. The molecule has 2 aromatic carbocycles. The van der Waals surface area contributed by atoms with E-state index in [1.165, 1.54) is 5.56 Å². The number of ether oxygens (including phenoxy) is 1. The Labute approximate surface area is 149 Å². The van der Waals surface area contributed by atoms with E-state index in [1.807, 2.05) is 47.8 Å². The Morgan fingerprint density at radius 3 is 2.68 bits per heavy atom. The fraction of sp³-hybridized carbons (Fsp3) is 0.100. The van der Waals surface area contributed by atoms with Crippen molar-refractivity contribution in [3.63, 3.8) is 0 Å². The number of rotatable bonds is 5. The molecular weight excluding hydrogens is 332 g/mol. The maximum Gasteiger partial charge on any atom is 0.268 e. The van der Waals surface area contributed by atoms with Crippen LogP contribution < -0.4 is 4.74 Å². The summed E-state index contributed by atoms with van der Waals surface area (Å²) in [4.78, 5) is 5.42. The number of aryl methyl sites for hydroxylation is 1. The Morgan fingerprint density at radius 2 is 1.92 bits per heavy atom. The lowest BCUT2D eigenvalue weighted by Crippen LogP contribution is -1.95. The molecule has 4 rings (SSSR count). The Bertz CT molecular complexity index is 960. The summed E-state index contributed by atoms with van der Waals surface area (Å²) in [6, 6.07) is 20.0. The van der Waals surface area contributed by atoms with Gasteiger partial charge in [0, 0.05) is 5.56 Å². The van der Waals surface area contributed by atoms with Gasteiger partial charge in [0.25, 0.3) is 5.89 Å². The molecule has 0 spiro atoms. The first-order chi connectivity index (χ1) is 12.3. The monoisotopic (exact) mass is 348 g/mol. The summed E-state index contributed by atoms with van der Waals surface area (Å²) in [6.07, 6.45) is 0. The first-order valence-corrected chi connectivity index (χ1v) is 8.82. The van der Waals surface area contributed by atoms with E-state index >= 15 is 0 Å². The van der Waals surface area contributed by atoms with Crippen molar-refractivity contribution in [2.75, 3.05) is 0 Å². The van der Waals surface area contributed by atoms with E-state index in [9.17, 15) is 0 Å². The highest BCUT2D eigenvalue weighted by molar-refractivity contribution is 7.13. The minimum absolute atomic E-state index is 0.546. The van der Waals surface area contributed by atoms with Crippen molar-refractivity contribution in [1.29, 1.82) is 0 Å². The van der Waals surface area contributed by atoms with Crippen molar-refractivity contribution in [3.05, 3.63) is 77.2 Å². The third-order valence-electron chi connectivity index (χ3n) is 3.76. The molecule has 0 aliphatic carbocycles. The predicted octanol–water partition coefficient (Wildman–Crippen LogP) is 5.35. The lowest BCUT2D eigenvalue weighted by molar-refractivity contribution is 0.306. The second kappa shape index (κ2) is 6.91. The van der Waals surface area contributed by atoms with Crippen LogP contribution in [0, 0.1) is 6.92 Å². The van der Waals surface area contributed by atoms with Crippen LogP contribution in [0.15, 0.2) is 70.6 Å². The Morgan fingerprint density at radius 1 is 1.04 bits per heavy atom. The molecule has 25 heavy (non-hydrogen) atoms. The normalized spacial score (nSPS) is 10.8. The van der Waals surface area contributed by atoms with Gasteiger partial charge in [-0.05, 0) is 48.2 Å². The van der Waals surface area contributed by atoms with Crippen LogP contribution in [0.3, 0.4) is 0 Å². The summed E-state index contributed by atoms with van der Waals surface area (Å²) < 4.78 is 11.2. The second-order valence-electron chi connectivity index (χ2n) is 5.70. The molecule has 0 unspecified atom stereocenters. The fourth-order valence-electron chi connectivity index (χ4n) is 2.51. The van der Waals surface area contributed by atoms with Crippen LogP contribution in [0.2, 0.25) is 0 Å². The van der Waals surface area contributed by atoms with Crippen LogP contribution in [-0.2, 0) is 6.61 Å². The molecule has 0 saturated heterocycles. The Balaban J connectivity index is 1.45. The summed E-state index contributed by atoms with van der Waals surface area (Å²) in [5.74, 6) is 1.94. The van der Waals surface area contributed by atoms with E-state index in [0.717, 1.165) is 21.8 Å². The molecule has 0 bridgehead atoms. The first-order valence-electron chi connectivity index (χ1n) is 7.94. The smallest absolute Gasteiger partial charge is 0.268 e. The number of thiophene rings is 1. The van der Waals surface area contributed by atoms with E-state index in [1.54, 1.807) is 11.3 Å². The van der Waals surface area contributed by atoms with Crippen LogP contribution >= 0.6 is 11.3 Å². The molecule has 0 radical (unpaired) electrons. The van der Waals surface area contributed by atoms with Crippen molar-refractivity contribution in [1.82, 2.24) is 10.1 Å². The third kappa shape index (κ3) is 3.61. The van der Waals surface area contributed by atoms with Gasteiger partial charge in [0.15, 0.2) is 0 Å². The summed E-state index contributed by atoms with van der Waals surface area (Å²) >= 11 is 1.58. The number of hydrogen-bond donors (Lipinski definition) is 0. The van der Waals surface area contributed by atoms with Crippen LogP contribution in [-0.4, -0.2) is 10.1 Å². The van der Waals surface area contributed by atoms with Gasteiger partial charge in [0.05, 0.1) is 4.88 Å². The maximum absolute atomic E-state index is 5.84. The number of nitrogens with zero attached hydrogens (tertiary/aromatic N) is 2. The minimum Gasteiger partial charge on any atom is -0.489 e. The Kier molecular flexibility index (Phi) is 4.31.